The van der Waals surface area contributed by atoms with Gasteiger partial charge in [0.15, 0.2) is 0 Å². The third kappa shape index (κ3) is 2.54. The summed E-state index contributed by atoms with van der Waals surface area (Å²) >= 11 is 0. The zero-order chi connectivity index (χ0) is 12.4. The van der Waals surface area contributed by atoms with Gasteiger partial charge < -0.3 is 5.32 Å². The van der Waals surface area contributed by atoms with Crippen LogP contribution in [0, 0.1) is 23.0 Å². The second-order valence-electron chi connectivity index (χ2n) is 4.74. The van der Waals surface area contributed by atoms with E-state index in [1.54, 1.807) is 13.1 Å². The van der Waals surface area contributed by atoms with Crippen molar-refractivity contribution in [1.29, 1.82) is 0 Å². The van der Waals surface area contributed by atoms with Crippen molar-refractivity contribution < 1.29 is 4.92 Å². The van der Waals surface area contributed by atoms with Gasteiger partial charge in [0.05, 0.1) is 11.0 Å². The first-order chi connectivity index (χ1) is 8.08. The first-order valence-corrected chi connectivity index (χ1v) is 5.95. The minimum Gasteiger partial charge on any atom is -0.367 e. The Hall–Kier alpha value is -1.65. The van der Waals surface area contributed by atoms with Crippen LogP contribution in [0.1, 0.15) is 31.7 Å². The summed E-state index contributed by atoms with van der Waals surface area (Å²) in [6, 6.07) is 1.85. The van der Waals surface area contributed by atoms with Gasteiger partial charge in [0.2, 0.25) is 0 Å². The number of nitro groups is 1. The van der Waals surface area contributed by atoms with E-state index >= 15 is 0 Å². The molecule has 1 heterocycles. The Balaban J connectivity index is 2.10. The minimum absolute atomic E-state index is 0.128. The number of aryl methyl sites for hydroxylation is 1. The molecule has 1 unspecified atom stereocenters. The van der Waals surface area contributed by atoms with Crippen LogP contribution in [-0.4, -0.2) is 15.9 Å². The maximum absolute atomic E-state index is 10.8. The van der Waals surface area contributed by atoms with Crippen molar-refractivity contribution in [2.24, 2.45) is 5.92 Å². The molecule has 0 aliphatic heterocycles. The van der Waals surface area contributed by atoms with Crippen molar-refractivity contribution >= 4 is 11.5 Å². The highest BCUT2D eigenvalue weighted by molar-refractivity contribution is 5.49. The summed E-state index contributed by atoms with van der Waals surface area (Å²) < 4.78 is 0. The highest BCUT2D eigenvalue weighted by atomic mass is 16.6. The summed E-state index contributed by atoms with van der Waals surface area (Å²) in [5.41, 5.74) is 0.722. The smallest absolute Gasteiger partial charge is 0.277 e. The molecule has 0 spiro atoms. The molecule has 1 aliphatic carbocycles. The molecular weight excluding hydrogens is 218 g/mol. The van der Waals surface area contributed by atoms with E-state index in [1.165, 1.54) is 25.3 Å². The van der Waals surface area contributed by atoms with Gasteiger partial charge in [0.25, 0.3) is 5.69 Å². The molecule has 0 amide bonds. The van der Waals surface area contributed by atoms with Crippen LogP contribution in [0.5, 0.6) is 0 Å². The number of rotatable bonds is 4. The second kappa shape index (κ2) is 4.69. The first kappa shape index (κ1) is 11.8. The molecule has 1 atom stereocenters. The average Bonchev–Trinajstić information content (AvgIpc) is 2.17. The number of anilines is 1. The fourth-order valence-corrected chi connectivity index (χ4v) is 2.08. The fraction of sp³-hybridized carbons (Fsp3) is 0.583. The Morgan fingerprint density at radius 2 is 2.29 bits per heavy atom. The average molecular weight is 235 g/mol. The number of hydrogen-bond acceptors (Lipinski definition) is 4. The van der Waals surface area contributed by atoms with Crippen molar-refractivity contribution in [3.63, 3.8) is 0 Å². The Labute approximate surface area is 100 Å². The van der Waals surface area contributed by atoms with E-state index in [0.717, 1.165) is 0 Å². The van der Waals surface area contributed by atoms with Crippen LogP contribution in [0.4, 0.5) is 11.5 Å². The van der Waals surface area contributed by atoms with Gasteiger partial charge in [-0.3, -0.25) is 10.1 Å². The van der Waals surface area contributed by atoms with Gasteiger partial charge in [-0.15, -0.1) is 0 Å². The molecule has 1 saturated carbocycles. The van der Waals surface area contributed by atoms with Gasteiger partial charge >= 0.3 is 0 Å². The first-order valence-electron chi connectivity index (χ1n) is 5.95. The number of pyridine rings is 1. The Morgan fingerprint density at radius 3 is 2.82 bits per heavy atom. The van der Waals surface area contributed by atoms with Crippen LogP contribution < -0.4 is 5.32 Å². The van der Waals surface area contributed by atoms with E-state index in [0.29, 0.717) is 23.3 Å². The van der Waals surface area contributed by atoms with Gasteiger partial charge in [0.1, 0.15) is 5.82 Å². The number of aromatic nitrogens is 1. The molecule has 17 heavy (non-hydrogen) atoms. The molecule has 0 bridgehead atoms. The van der Waals surface area contributed by atoms with Crippen LogP contribution in [0.3, 0.4) is 0 Å². The van der Waals surface area contributed by atoms with E-state index in [2.05, 4.69) is 17.2 Å². The van der Waals surface area contributed by atoms with E-state index in [1.807, 2.05) is 0 Å². The standard InChI is InChI=1S/C12H17N3O2/c1-8-7-13-12(6-11(8)15(16)17)14-9(2)10-4-3-5-10/h6-7,9-10H,3-5H2,1-2H3,(H,13,14). The second-order valence-corrected chi connectivity index (χ2v) is 4.74. The Bertz CT molecular complexity index is 430. The number of nitrogens with one attached hydrogen (secondary N) is 1. The summed E-state index contributed by atoms with van der Waals surface area (Å²) in [6.45, 7) is 3.81. The zero-order valence-electron chi connectivity index (χ0n) is 10.1. The largest absolute Gasteiger partial charge is 0.367 e. The molecule has 1 aliphatic rings. The third-order valence-electron chi connectivity index (χ3n) is 3.50. The lowest BCUT2D eigenvalue weighted by atomic mass is 9.80. The molecule has 1 aromatic heterocycles. The summed E-state index contributed by atoms with van der Waals surface area (Å²) in [5.74, 6) is 1.28. The molecule has 5 heteroatoms. The van der Waals surface area contributed by atoms with E-state index in [4.69, 9.17) is 0 Å². The molecule has 1 aromatic rings. The summed E-state index contributed by atoms with van der Waals surface area (Å²) in [5, 5.41) is 14.1. The lowest BCUT2D eigenvalue weighted by Crippen LogP contribution is -2.31. The van der Waals surface area contributed by atoms with Crippen molar-refractivity contribution in [2.75, 3.05) is 5.32 Å². The zero-order valence-corrected chi connectivity index (χ0v) is 10.1. The molecule has 0 radical (unpaired) electrons. The van der Waals surface area contributed by atoms with Crippen molar-refractivity contribution in [1.82, 2.24) is 4.98 Å². The van der Waals surface area contributed by atoms with Gasteiger partial charge in [-0.1, -0.05) is 6.42 Å². The Kier molecular flexibility index (Phi) is 3.26. The molecule has 5 nitrogen and oxygen atoms in total. The lowest BCUT2D eigenvalue weighted by Gasteiger charge is -2.32. The Morgan fingerprint density at radius 1 is 1.59 bits per heavy atom. The third-order valence-corrected chi connectivity index (χ3v) is 3.50. The maximum atomic E-state index is 10.8. The van der Waals surface area contributed by atoms with Crippen molar-refractivity contribution in [3.8, 4) is 0 Å². The maximum Gasteiger partial charge on any atom is 0.277 e. The van der Waals surface area contributed by atoms with Crippen molar-refractivity contribution in [2.45, 2.75) is 39.2 Å². The van der Waals surface area contributed by atoms with Gasteiger partial charge in [0, 0.05) is 17.8 Å². The van der Waals surface area contributed by atoms with Crippen LogP contribution in [0.15, 0.2) is 12.3 Å². The van der Waals surface area contributed by atoms with Gasteiger partial charge in [-0.05, 0) is 32.6 Å². The van der Waals surface area contributed by atoms with E-state index < -0.39 is 0 Å². The van der Waals surface area contributed by atoms with E-state index in [-0.39, 0.29) is 10.6 Å². The number of nitrogens with zero attached hydrogens (tertiary/aromatic N) is 2. The van der Waals surface area contributed by atoms with Crippen LogP contribution in [0.2, 0.25) is 0 Å². The normalized spacial score (nSPS) is 17.3. The highest BCUT2D eigenvalue weighted by Gasteiger charge is 2.24. The minimum atomic E-state index is -0.365. The van der Waals surface area contributed by atoms with E-state index in [9.17, 15) is 10.1 Å². The quantitative estimate of drug-likeness (QED) is 0.643. The molecule has 1 fully saturated rings. The van der Waals surface area contributed by atoms with Gasteiger partial charge in [-0.2, -0.15) is 0 Å². The molecular formula is C12H17N3O2. The number of hydrogen-bond donors (Lipinski definition) is 1. The molecule has 92 valence electrons. The summed E-state index contributed by atoms with van der Waals surface area (Å²) in [4.78, 5) is 14.6. The summed E-state index contributed by atoms with van der Waals surface area (Å²) in [7, 11) is 0. The van der Waals surface area contributed by atoms with Crippen LogP contribution in [0.25, 0.3) is 0 Å². The van der Waals surface area contributed by atoms with Crippen LogP contribution in [-0.2, 0) is 0 Å². The summed E-state index contributed by atoms with van der Waals surface area (Å²) in [6.07, 6.45) is 5.32. The molecule has 1 N–H and O–H groups in total. The monoisotopic (exact) mass is 235 g/mol. The predicted molar refractivity (Wildman–Crippen MR) is 66.1 cm³/mol. The molecule has 2 rings (SSSR count). The molecule has 0 saturated heterocycles. The lowest BCUT2D eigenvalue weighted by molar-refractivity contribution is -0.385. The SMILES string of the molecule is Cc1cnc(NC(C)C2CCC2)cc1[N+](=O)[O-]. The highest BCUT2D eigenvalue weighted by Crippen LogP contribution is 2.31. The topological polar surface area (TPSA) is 68.1 Å². The van der Waals surface area contributed by atoms with Gasteiger partial charge in [-0.25, -0.2) is 4.98 Å². The molecule has 0 aromatic carbocycles. The predicted octanol–water partition coefficient (Wildman–Crippen LogP) is 2.90. The fourth-order valence-electron chi connectivity index (χ4n) is 2.08. The van der Waals surface area contributed by atoms with Crippen molar-refractivity contribution in [3.05, 3.63) is 27.9 Å². The van der Waals surface area contributed by atoms with Crippen LogP contribution >= 0.6 is 0 Å².